The molecule has 1 saturated heterocycles. The third kappa shape index (κ3) is 3.34. The molecule has 0 aromatic carbocycles. The van der Waals surface area contributed by atoms with Crippen molar-refractivity contribution in [3.63, 3.8) is 0 Å². The van der Waals surface area contributed by atoms with Crippen LogP contribution in [0.2, 0.25) is 0 Å². The molecule has 20 heavy (non-hydrogen) atoms. The van der Waals surface area contributed by atoms with E-state index in [2.05, 4.69) is 10.2 Å². The summed E-state index contributed by atoms with van der Waals surface area (Å²) >= 11 is 0. The zero-order valence-electron chi connectivity index (χ0n) is 12.8. The highest BCUT2D eigenvalue weighted by Crippen LogP contribution is 2.49. The number of hydrogen-bond acceptors (Lipinski definition) is 3. The molecular formula is C16H29N3O. The highest BCUT2D eigenvalue weighted by Gasteiger charge is 2.40. The van der Waals surface area contributed by atoms with Crippen molar-refractivity contribution in [2.75, 3.05) is 46.3 Å². The van der Waals surface area contributed by atoms with Crippen molar-refractivity contribution in [3.8, 4) is 0 Å². The molecule has 4 heteroatoms. The number of carbonyl (C=O) groups excluding carboxylic acids is 1. The first kappa shape index (κ1) is 14.3. The zero-order chi connectivity index (χ0) is 13.9. The average molecular weight is 279 g/mol. The van der Waals surface area contributed by atoms with Crippen molar-refractivity contribution in [2.24, 2.45) is 17.8 Å². The predicted molar refractivity (Wildman–Crippen MR) is 80.5 cm³/mol. The largest absolute Gasteiger partial charge is 0.344 e. The van der Waals surface area contributed by atoms with E-state index in [9.17, 15) is 4.79 Å². The lowest BCUT2D eigenvalue weighted by Gasteiger charge is -2.30. The molecule has 0 aromatic heterocycles. The summed E-state index contributed by atoms with van der Waals surface area (Å²) in [4.78, 5) is 16.8. The molecule has 3 rings (SSSR count). The molecular weight excluding hydrogens is 250 g/mol. The van der Waals surface area contributed by atoms with Crippen LogP contribution >= 0.6 is 0 Å². The number of amides is 1. The van der Waals surface area contributed by atoms with E-state index in [0.717, 1.165) is 57.5 Å². The number of nitrogens with one attached hydrogen (secondary N) is 1. The van der Waals surface area contributed by atoms with Crippen LogP contribution in [0.1, 0.15) is 32.1 Å². The van der Waals surface area contributed by atoms with Crippen LogP contribution in [0.4, 0.5) is 0 Å². The fourth-order valence-electron chi connectivity index (χ4n) is 4.36. The molecule has 1 aliphatic heterocycles. The fraction of sp³-hybridized carbons (Fsp3) is 0.938. The Kier molecular flexibility index (Phi) is 4.61. The SMILES string of the molecule is CN(CCN1CCNCC1)C(=O)CC1CC2CCC1C2. The van der Waals surface area contributed by atoms with Gasteiger partial charge in [-0.3, -0.25) is 9.69 Å². The van der Waals surface area contributed by atoms with Gasteiger partial charge in [0.15, 0.2) is 0 Å². The van der Waals surface area contributed by atoms with E-state index < -0.39 is 0 Å². The van der Waals surface area contributed by atoms with Crippen molar-refractivity contribution in [1.29, 1.82) is 0 Å². The Morgan fingerprint density at radius 3 is 2.70 bits per heavy atom. The lowest BCUT2D eigenvalue weighted by atomic mass is 9.86. The number of fused-ring (bicyclic) bond motifs is 2. The van der Waals surface area contributed by atoms with Gasteiger partial charge in [-0.1, -0.05) is 6.42 Å². The van der Waals surface area contributed by atoms with E-state index in [1.807, 2.05) is 11.9 Å². The number of carbonyl (C=O) groups is 1. The maximum atomic E-state index is 12.3. The van der Waals surface area contributed by atoms with Crippen LogP contribution in [0.3, 0.4) is 0 Å². The topological polar surface area (TPSA) is 35.6 Å². The Balaban J connectivity index is 1.38. The summed E-state index contributed by atoms with van der Waals surface area (Å²) in [5.74, 6) is 2.88. The van der Waals surface area contributed by atoms with Crippen LogP contribution in [0.15, 0.2) is 0 Å². The lowest BCUT2D eigenvalue weighted by molar-refractivity contribution is -0.131. The van der Waals surface area contributed by atoms with E-state index in [-0.39, 0.29) is 0 Å². The van der Waals surface area contributed by atoms with Crippen LogP contribution < -0.4 is 5.32 Å². The second kappa shape index (κ2) is 6.44. The molecule has 3 atom stereocenters. The first-order valence-corrected chi connectivity index (χ1v) is 8.39. The van der Waals surface area contributed by atoms with Gasteiger partial charge >= 0.3 is 0 Å². The van der Waals surface area contributed by atoms with Gasteiger partial charge in [0.2, 0.25) is 5.91 Å². The molecule has 1 heterocycles. The van der Waals surface area contributed by atoms with E-state index in [4.69, 9.17) is 0 Å². The molecule has 0 aromatic rings. The van der Waals surface area contributed by atoms with Gasteiger partial charge < -0.3 is 10.2 Å². The molecule has 0 spiro atoms. The molecule has 4 nitrogen and oxygen atoms in total. The maximum Gasteiger partial charge on any atom is 0.222 e. The molecule has 3 fully saturated rings. The number of likely N-dealkylation sites (N-methyl/N-ethyl adjacent to an activating group) is 1. The average Bonchev–Trinajstić information content (AvgIpc) is 3.08. The zero-order valence-corrected chi connectivity index (χ0v) is 12.8. The summed E-state index contributed by atoms with van der Waals surface area (Å²) in [6.45, 7) is 6.33. The van der Waals surface area contributed by atoms with Crippen molar-refractivity contribution in [3.05, 3.63) is 0 Å². The first-order chi connectivity index (χ1) is 9.72. The third-order valence-electron chi connectivity index (χ3n) is 5.71. The molecule has 114 valence electrons. The van der Waals surface area contributed by atoms with Crippen LogP contribution in [0, 0.1) is 17.8 Å². The van der Waals surface area contributed by atoms with Crippen molar-refractivity contribution in [2.45, 2.75) is 32.1 Å². The smallest absolute Gasteiger partial charge is 0.222 e. The van der Waals surface area contributed by atoms with E-state index >= 15 is 0 Å². The monoisotopic (exact) mass is 279 g/mol. The Labute approximate surface area is 122 Å². The highest BCUT2D eigenvalue weighted by atomic mass is 16.2. The number of nitrogens with zero attached hydrogens (tertiary/aromatic N) is 2. The van der Waals surface area contributed by atoms with Crippen LogP contribution in [-0.2, 0) is 4.79 Å². The van der Waals surface area contributed by atoms with Gasteiger partial charge in [0, 0.05) is 52.7 Å². The molecule has 2 aliphatic carbocycles. The summed E-state index contributed by atoms with van der Waals surface area (Å²) in [5, 5.41) is 3.37. The molecule has 1 amide bonds. The Morgan fingerprint density at radius 1 is 1.25 bits per heavy atom. The van der Waals surface area contributed by atoms with Crippen LogP contribution in [-0.4, -0.2) is 62.0 Å². The summed E-state index contributed by atoms with van der Waals surface area (Å²) < 4.78 is 0. The number of piperazine rings is 1. The minimum atomic E-state index is 0.373. The fourth-order valence-corrected chi connectivity index (χ4v) is 4.36. The normalized spacial score (nSPS) is 33.5. The molecule has 1 N–H and O–H groups in total. The maximum absolute atomic E-state index is 12.3. The molecule has 2 saturated carbocycles. The summed E-state index contributed by atoms with van der Waals surface area (Å²) in [6.07, 6.45) is 6.34. The second-order valence-electron chi connectivity index (χ2n) is 7.05. The first-order valence-electron chi connectivity index (χ1n) is 8.39. The van der Waals surface area contributed by atoms with E-state index in [1.165, 1.54) is 25.7 Å². The minimum absolute atomic E-state index is 0.373. The Hall–Kier alpha value is -0.610. The van der Waals surface area contributed by atoms with Gasteiger partial charge in [0.1, 0.15) is 0 Å². The molecule has 3 aliphatic rings. The second-order valence-corrected chi connectivity index (χ2v) is 7.05. The lowest BCUT2D eigenvalue weighted by Crippen LogP contribution is -2.46. The van der Waals surface area contributed by atoms with Crippen molar-refractivity contribution >= 4 is 5.91 Å². The van der Waals surface area contributed by atoms with Crippen molar-refractivity contribution < 1.29 is 4.79 Å². The quantitative estimate of drug-likeness (QED) is 0.821. The van der Waals surface area contributed by atoms with Gasteiger partial charge in [-0.15, -0.1) is 0 Å². The van der Waals surface area contributed by atoms with Crippen molar-refractivity contribution in [1.82, 2.24) is 15.1 Å². The minimum Gasteiger partial charge on any atom is -0.344 e. The van der Waals surface area contributed by atoms with Crippen LogP contribution in [0.5, 0.6) is 0 Å². The summed E-state index contributed by atoms with van der Waals surface area (Å²) in [7, 11) is 1.98. The molecule has 0 radical (unpaired) electrons. The van der Waals surface area contributed by atoms with Gasteiger partial charge in [-0.2, -0.15) is 0 Å². The standard InChI is InChI=1S/C16H29N3O/c1-18(8-9-19-6-4-17-5-7-19)16(20)12-15-11-13-2-3-14(15)10-13/h13-15,17H,2-12H2,1H3. The Morgan fingerprint density at radius 2 is 2.05 bits per heavy atom. The predicted octanol–water partition coefficient (Wildman–Crippen LogP) is 1.18. The Bertz CT molecular complexity index is 341. The van der Waals surface area contributed by atoms with Gasteiger partial charge in [0.25, 0.3) is 0 Å². The molecule has 2 bridgehead atoms. The van der Waals surface area contributed by atoms with Gasteiger partial charge in [-0.05, 0) is 37.0 Å². The van der Waals surface area contributed by atoms with Gasteiger partial charge in [-0.25, -0.2) is 0 Å². The molecule has 3 unspecified atom stereocenters. The van der Waals surface area contributed by atoms with Gasteiger partial charge in [0.05, 0.1) is 0 Å². The van der Waals surface area contributed by atoms with E-state index in [0.29, 0.717) is 11.8 Å². The highest BCUT2D eigenvalue weighted by molar-refractivity contribution is 5.76. The van der Waals surface area contributed by atoms with E-state index in [1.54, 1.807) is 0 Å². The van der Waals surface area contributed by atoms with Crippen LogP contribution in [0.25, 0.3) is 0 Å². The third-order valence-corrected chi connectivity index (χ3v) is 5.71. The number of rotatable bonds is 5. The summed E-state index contributed by atoms with van der Waals surface area (Å²) in [5.41, 5.74) is 0. The number of hydrogen-bond donors (Lipinski definition) is 1. The summed E-state index contributed by atoms with van der Waals surface area (Å²) in [6, 6.07) is 0.